The van der Waals surface area contributed by atoms with E-state index < -0.39 is 0 Å². The Labute approximate surface area is 283 Å². The molecule has 0 aliphatic carbocycles. The Kier molecular flexibility index (Phi) is 11.0. The first kappa shape index (κ1) is 32.2. The van der Waals surface area contributed by atoms with Crippen LogP contribution in [0, 0.1) is 32.0 Å². The van der Waals surface area contributed by atoms with E-state index in [1.165, 1.54) is 0 Å². The zero-order valence-electron chi connectivity index (χ0n) is 25.4. The monoisotopic (exact) mass is 773 g/mol. The molecule has 0 bridgehead atoms. The first-order valence-electron chi connectivity index (χ1n) is 14.7. The molecular formula is C41H30IrN3O. The van der Waals surface area contributed by atoms with Crippen molar-refractivity contribution in [3.05, 3.63) is 175 Å². The molecule has 8 aromatic rings. The third-order valence-electron chi connectivity index (χ3n) is 7.00. The molecule has 0 amide bonds. The van der Waals surface area contributed by atoms with Crippen LogP contribution in [-0.2, 0) is 20.1 Å². The van der Waals surface area contributed by atoms with Crippen molar-refractivity contribution in [1.29, 1.82) is 0 Å². The van der Waals surface area contributed by atoms with Gasteiger partial charge >= 0.3 is 20.1 Å². The Balaban J connectivity index is 0.000000139. The van der Waals surface area contributed by atoms with Gasteiger partial charge in [-0.25, -0.2) is 0 Å². The van der Waals surface area contributed by atoms with Gasteiger partial charge in [0.1, 0.15) is 5.58 Å². The van der Waals surface area contributed by atoms with Crippen LogP contribution in [0.25, 0.3) is 55.7 Å². The summed E-state index contributed by atoms with van der Waals surface area (Å²) in [7, 11) is 0. The van der Waals surface area contributed by atoms with Crippen LogP contribution >= 0.6 is 0 Å². The van der Waals surface area contributed by atoms with Crippen molar-refractivity contribution >= 4 is 21.9 Å². The van der Waals surface area contributed by atoms with Crippen molar-refractivity contribution in [3.63, 3.8) is 0 Å². The van der Waals surface area contributed by atoms with E-state index in [4.69, 9.17) is 4.42 Å². The molecule has 5 heteroatoms. The van der Waals surface area contributed by atoms with Crippen LogP contribution in [0.4, 0.5) is 0 Å². The van der Waals surface area contributed by atoms with Crippen LogP contribution in [0.1, 0.15) is 11.4 Å². The van der Waals surface area contributed by atoms with Gasteiger partial charge in [0.2, 0.25) is 0 Å². The fourth-order valence-electron chi connectivity index (χ4n) is 4.83. The van der Waals surface area contributed by atoms with Crippen LogP contribution in [0.2, 0.25) is 0 Å². The molecule has 0 saturated carbocycles. The Morgan fingerprint density at radius 3 is 1.65 bits per heavy atom. The standard InChI is InChI=1S/C17H10NO.2C12H10N.Ir/c1-2-7-16-13(5-1)14-11-12(8-9-17(14)19-16)15-6-3-4-10-18-15;2*1-10-6-5-9-12(13-10)11-7-3-2-4-8-11;/h1-7,9-11H;2*2-7,9H,1H3;/q3*-1;+3. The van der Waals surface area contributed by atoms with Gasteiger partial charge in [0.25, 0.3) is 0 Å². The van der Waals surface area contributed by atoms with E-state index in [2.05, 4.69) is 45.3 Å². The number of rotatable bonds is 3. The number of furan rings is 1. The maximum absolute atomic E-state index is 5.79. The molecule has 0 fully saturated rings. The van der Waals surface area contributed by atoms with E-state index in [0.717, 1.165) is 67.1 Å². The number of aryl methyl sites for hydroxylation is 2. The Morgan fingerprint density at radius 1 is 0.500 bits per heavy atom. The Bertz CT molecular complexity index is 2050. The Morgan fingerprint density at radius 2 is 1.09 bits per heavy atom. The second kappa shape index (κ2) is 15.7. The fraction of sp³-hybridized carbons (Fsp3) is 0.0488. The molecule has 0 radical (unpaired) electrons. The molecule has 4 aromatic carbocycles. The molecule has 0 atom stereocenters. The number of hydrogen-bond donors (Lipinski definition) is 0. The van der Waals surface area contributed by atoms with Crippen molar-refractivity contribution in [2.75, 3.05) is 0 Å². The molecular weight excluding hydrogens is 743 g/mol. The SMILES string of the molecule is Cc1cccc(-c2[c-]cccc2)n1.Cc1cccc(-c2[c-]cccc2)n1.[Ir+3].[c-]1cc2oc3ccccc3c2cc1-c1ccccn1. The third-order valence-corrected chi connectivity index (χ3v) is 7.00. The summed E-state index contributed by atoms with van der Waals surface area (Å²) in [6.45, 7) is 3.98. The van der Waals surface area contributed by atoms with Crippen LogP contribution in [0.5, 0.6) is 0 Å². The predicted molar refractivity (Wildman–Crippen MR) is 182 cm³/mol. The minimum absolute atomic E-state index is 0. The average Bonchev–Trinajstić information content (AvgIpc) is 3.48. The summed E-state index contributed by atoms with van der Waals surface area (Å²) in [4.78, 5) is 13.2. The van der Waals surface area contributed by atoms with Gasteiger partial charge in [-0.2, -0.15) is 0 Å². The van der Waals surface area contributed by atoms with Crippen LogP contribution in [0.15, 0.2) is 150 Å². The van der Waals surface area contributed by atoms with Crippen molar-refractivity contribution < 1.29 is 24.5 Å². The van der Waals surface area contributed by atoms with Gasteiger partial charge in [0.05, 0.1) is 5.58 Å². The van der Waals surface area contributed by atoms with Gasteiger partial charge in [0, 0.05) is 23.0 Å². The van der Waals surface area contributed by atoms with Gasteiger partial charge in [0.15, 0.2) is 0 Å². The van der Waals surface area contributed by atoms with Crippen molar-refractivity contribution in [1.82, 2.24) is 15.0 Å². The molecule has 0 saturated heterocycles. The summed E-state index contributed by atoms with van der Waals surface area (Å²) in [5, 5.41) is 2.23. The number of benzene rings is 4. The van der Waals surface area contributed by atoms with E-state index >= 15 is 0 Å². The van der Waals surface area contributed by atoms with Crippen molar-refractivity contribution in [2.24, 2.45) is 0 Å². The first-order chi connectivity index (χ1) is 22.1. The predicted octanol–water partition coefficient (Wildman–Crippen LogP) is 10.2. The smallest absolute Gasteiger partial charge is 0.500 e. The van der Waals surface area contributed by atoms with Crippen LogP contribution < -0.4 is 0 Å². The topological polar surface area (TPSA) is 51.8 Å². The average molecular weight is 773 g/mol. The summed E-state index contributed by atoms with van der Waals surface area (Å²) in [6, 6.07) is 55.2. The van der Waals surface area contributed by atoms with Gasteiger partial charge in [-0.15, -0.1) is 95.6 Å². The normalized spacial score (nSPS) is 10.2. The van der Waals surface area contributed by atoms with Gasteiger partial charge in [-0.05, 0) is 55.2 Å². The summed E-state index contributed by atoms with van der Waals surface area (Å²) in [5.74, 6) is 0. The molecule has 4 aromatic heterocycles. The van der Waals surface area contributed by atoms with Gasteiger partial charge in [-0.1, -0.05) is 60.0 Å². The molecule has 0 N–H and O–H groups in total. The zero-order chi connectivity index (χ0) is 30.8. The Hall–Kier alpha value is -5.22. The second-order valence-electron chi connectivity index (χ2n) is 10.3. The largest absolute Gasteiger partial charge is 3.00 e. The van der Waals surface area contributed by atoms with E-state index in [-0.39, 0.29) is 20.1 Å². The number of fused-ring (bicyclic) bond motifs is 3. The molecule has 8 rings (SSSR count). The maximum atomic E-state index is 5.79. The molecule has 4 heterocycles. The quantitative estimate of drug-likeness (QED) is 0.168. The maximum Gasteiger partial charge on any atom is 3.00 e. The summed E-state index contributed by atoms with van der Waals surface area (Å²) < 4.78 is 5.79. The molecule has 0 unspecified atom stereocenters. The molecule has 0 spiro atoms. The summed E-state index contributed by atoms with van der Waals surface area (Å²) >= 11 is 0. The van der Waals surface area contributed by atoms with Crippen molar-refractivity contribution in [3.8, 4) is 33.8 Å². The zero-order valence-corrected chi connectivity index (χ0v) is 27.8. The second-order valence-corrected chi connectivity index (χ2v) is 10.3. The van der Waals surface area contributed by atoms with Gasteiger partial charge < -0.3 is 19.4 Å². The number of hydrogen-bond acceptors (Lipinski definition) is 4. The van der Waals surface area contributed by atoms with E-state index in [9.17, 15) is 0 Å². The van der Waals surface area contributed by atoms with Crippen LogP contribution in [-0.4, -0.2) is 15.0 Å². The minimum Gasteiger partial charge on any atom is -0.500 e. The molecule has 46 heavy (non-hydrogen) atoms. The first-order valence-corrected chi connectivity index (χ1v) is 14.7. The van der Waals surface area contributed by atoms with E-state index in [1.807, 2.05) is 141 Å². The number of pyridine rings is 3. The third kappa shape index (κ3) is 8.08. The molecule has 0 aliphatic heterocycles. The van der Waals surface area contributed by atoms with E-state index in [0.29, 0.717) is 0 Å². The van der Waals surface area contributed by atoms with Crippen LogP contribution in [0.3, 0.4) is 0 Å². The van der Waals surface area contributed by atoms with Gasteiger partial charge in [-0.3, -0.25) is 0 Å². The molecule has 224 valence electrons. The molecule has 4 nitrogen and oxygen atoms in total. The summed E-state index contributed by atoms with van der Waals surface area (Å²) in [6.07, 6.45) is 1.79. The number of nitrogens with zero attached hydrogens (tertiary/aromatic N) is 3. The summed E-state index contributed by atoms with van der Waals surface area (Å²) in [5.41, 5.74) is 9.82. The number of aromatic nitrogens is 3. The fourth-order valence-corrected chi connectivity index (χ4v) is 4.83. The minimum atomic E-state index is 0. The molecule has 0 aliphatic rings. The number of para-hydroxylation sites is 1. The van der Waals surface area contributed by atoms with E-state index in [1.54, 1.807) is 6.20 Å². The van der Waals surface area contributed by atoms with Crippen molar-refractivity contribution in [2.45, 2.75) is 13.8 Å².